The van der Waals surface area contributed by atoms with Crippen molar-refractivity contribution in [3.8, 4) is 18.9 Å². The number of rotatable bonds is 0. The lowest BCUT2D eigenvalue weighted by molar-refractivity contribution is 0.446. The van der Waals surface area contributed by atoms with Gasteiger partial charge in [0.05, 0.1) is 12.0 Å². The smallest absolute Gasteiger partial charge is 0.0669 e. The summed E-state index contributed by atoms with van der Waals surface area (Å²) in [5.74, 6) is 0.281. The Morgan fingerprint density at radius 2 is 2.20 bits per heavy atom. The highest BCUT2D eigenvalue weighted by Crippen LogP contribution is 2.06. The van der Waals surface area contributed by atoms with Crippen molar-refractivity contribution in [2.24, 2.45) is 5.92 Å². The Morgan fingerprint density at radius 3 is 2.50 bits per heavy atom. The predicted molar refractivity (Wildman–Crippen MR) is 41.1 cm³/mol. The maximum atomic E-state index is 8.40. The molecule has 1 fully saturated rings. The van der Waals surface area contributed by atoms with Crippen LogP contribution in [0.5, 0.6) is 0 Å². The Bertz CT molecular complexity index is 126. The molecule has 0 spiro atoms. The van der Waals surface area contributed by atoms with Crippen LogP contribution in [0.2, 0.25) is 0 Å². The van der Waals surface area contributed by atoms with Gasteiger partial charge in [0.15, 0.2) is 0 Å². The summed E-state index contributed by atoms with van der Waals surface area (Å²) in [4.78, 5) is 0. The normalized spacial score (nSPS) is 23.5. The summed E-state index contributed by atoms with van der Waals surface area (Å²) in [5.41, 5.74) is 0. The predicted octanol–water partition coefficient (Wildman–Crippen LogP) is 0.759. The molecule has 0 aromatic heterocycles. The number of hydrogen-bond donors (Lipinski definition) is 1. The third kappa shape index (κ3) is 3.12. The molecule has 1 heterocycles. The minimum Gasteiger partial charge on any atom is -0.315 e. The largest absolute Gasteiger partial charge is 0.315 e. The molecule has 0 amide bonds. The van der Waals surface area contributed by atoms with Crippen LogP contribution in [0.3, 0.4) is 0 Å². The molecule has 1 N–H and O–H groups in total. The topological polar surface area (TPSA) is 35.8 Å². The van der Waals surface area contributed by atoms with E-state index >= 15 is 0 Å². The molecular weight excluding hydrogens is 124 g/mol. The first kappa shape index (κ1) is 9.01. The highest BCUT2D eigenvalue weighted by atomic mass is 14.9. The summed E-state index contributed by atoms with van der Waals surface area (Å²) in [6.45, 7) is 1.99. The quantitative estimate of drug-likeness (QED) is 0.499. The summed E-state index contributed by atoms with van der Waals surface area (Å²) in [7, 11) is 0. The fraction of sp³-hybridized carbons (Fsp3) is 0.625. The Labute approximate surface area is 62.2 Å². The minimum atomic E-state index is 0.281. The van der Waals surface area contributed by atoms with Crippen LogP contribution in [0.4, 0.5) is 0 Å². The van der Waals surface area contributed by atoms with Crippen LogP contribution in [-0.2, 0) is 0 Å². The van der Waals surface area contributed by atoms with Gasteiger partial charge in [-0.3, -0.25) is 0 Å². The van der Waals surface area contributed by atoms with Crippen molar-refractivity contribution in [3.63, 3.8) is 0 Å². The molecule has 0 aromatic rings. The lowest BCUT2D eigenvalue weighted by Gasteiger charge is -2.15. The van der Waals surface area contributed by atoms with Crippen LogP contribution >= 0.6 is 0 Å². The van der Waals surface area contributed by atoms with Crippen LogP contribution in [-0.4, -0.2) is 13.1 Å². The molecule has 1 rings (SSSR count). The second kappa shape index (κ2) is 6.13. The van der Waals surface area contributed by atoms with E-state index in [9.17, 15) is 0 Å². The Balaban J connectivity index is 0.000000371. The van der Waals surface area contributed by atoms with E-state index in [0.29, 0.717) is 0 Å². The average molecular weight is 136 g/mol. The molecule has 54 valence electrons. The maximum absolute atomic E-state index is 8.40. The van der Waals surface area contributed by atoms with Crippen LogP contribution < -0.4 is 5.32 Å². The first-order valence-corrected chi connectivity index (χ1v) is 3.37. The van der Waals surface area contributed by atoms with E-state index in [1.54, 1.807) is 0 Å². The molecule has 1 aliphatic heterocycles. The fourth-order valence-electron chi connectivity index (χ4n) is 0.962. The zero-order valence-electron chi connectivity index (χ0n) is 6.01. The zero-order valence-corrected chi connectivity index (χ0v) is 6.01. The first-order chi connectivity index (χ1) is 4.93. The van der Waals surface area contributed by atoms with Gasteiger partial charge in [-0.1, -0.05) is 0 Å². The lowest BCUT2D eigenvalue weighted by atomic mass is 10.0. The number of terminal acetylenes is 1. The highest BCUT2D eigenvalue weighted by molar-refractivity contribution is 4.86. The van der Waals surface area contributed by atoms with Crippen molar-refractivity contribution < 1.29 is 0 Å². The molecule has 10 heavy (non-hydrogen) atoms. The van der Waals surface area contributed by atoms with Crippen LogP contribution in [0.1, 0.15) is 12.8 Å². The molecule has 0 aliphatic carbocycles. The third-order valence-corrected chi connectivity index (χ3v) is 1.48. The first-order valence-electron chi connectivity index (χ1n) is 3.37. The van der Waals surface area contributed by atoms with Gasteiger partial charge in [0.1, 0.15) is 0 Å². The summed E-state index contributed by atoms with van der Waals surface area (Å²) in [5, 5.41) is 11.6. The second-order valence-corrected chi connectivity index (χ2v) is 2.17. The molecule has 1 atom stereocenters. The van der Waals surface area contributed by atoms with E-state index < -0.39 is 0 Å². The molecule has 0 radical (unpaired) electrons. The lowest BCUT2D eigenvalue weighted by Crippen LogP contribution is -2.28. The molecule has 0 aromatic carbocycles. The molecular formula is C8H12N2. The summed E-state index contributed by atoms with van der Waals surface area (Å²) in [6, 6.07) is 2.24. The molecule has 1 saturated heterocycles. The Hall–Kier alpha value is -0.990. The van der Waals surface area contributed by atoms with Gasteiger partial charge in [-0.05, 0) is 19.4 Å². The van der Waals surface area contributed by atoms with Gasteiger partial charge < -0.3 is 5.32 Å². The SMILES string of the molecule is C#C.N#C[C@H]1CCCNC1. The molecule has 2 heteroatoms. The van der Waals surface area contributed by atoms with Gasteiger partial charge >= 0.3 is 0 Å². The molecule has 0 bridgehead atoms. The van der Waals surface area contributed by atoms with E-state index in [-0.39, 0.29) is 5.92 Å². The molecule has 2 nitrogen and oxygen atoms in total. The van der Waals surface area contributed by atoms with Crippen molar-refractivity contribution in [1.82, 2.24) is 5.32 Å². The number of nitrogens with one attached hydrogen (secondary N) is 1. The second-order valence-electron chi connectivity index (χ2n) is 2.17. The molecule has 0 unspecified atom stereocenters. The van der Waals surface area contributed by atoms with Gasteiger partial charge in [-0.25, -0.2) is 0 Å². The summed E-state index contributed by atoms with van der Waals surface area (Å²) in [6.07, 6.45) is 10.3. The number of hydrogen-bond acceptors (Lipinski definition) is 2. The fourth-order valence-corrected chi connectivity index (χ4v) is 0.962. The van der Waals surface area contributed by atoms with Crippen molar-refractivity contribution in [1.29, 1.82) is 5.26 Å². The van der Waals surface area contributed by atoms with E-state index in [0.717, 1.165) is 25.9 Å². The monoisotopic (exact) mass is 136 g/mol. The standard InChI is InChI=1S/C6H10N2.C2H2/c7-4-6-2-1-3-8-5-6;1-2/h6,8H,1-3,5H2;1-2H/t6-;/m1./s1. The van der Waals surface area contributed by atoms with E-state index in [4.69, 9.17) is 5.26 Å². The number of piperidine rings is 1. The van der Waals surface area contributed by atoms with Crippen LogP contribution in [0.15, 0.2) is 0 Å². The highest BCUT2D eigenvalue weighted by Gasteiger charge is 2.09. The number of nitriles is 1. The van der Waals surface area contributed by atoms with Crippen molar-refractivity contribution >= 4 is 0 Å². The van der Waals surface area contributed by atoms with Gasteiger partial charge in [-0.2, -0.15) is 5.26 Å². The molecule has 1 aliphatic rings. The van der Waals surface area contributed by atoms with Gasteiger partial charge in [-0.15, -0.1) is 12.8 Å². The average Bonchev–Trinajstić information content (AvgIpc) is 2.10. The van der Waals surface area contributed by atoms with Gasteiger partial charge in [0.25, 0.3) is 0 Å². The van der Waals surface area contributed by atoms with Gasteiger partial charge in [0.2, 0.25) is 0 Å². The summed E-state index contributed by atoms with van der Waals surface area (Å²) < 4.78 is 0. The third-order valence-electron chi connectivity index (χ3n) is 1.48. The van der Waals surface area contributed by atoms with Crippen LogP contribution in [0.25, 0.3) is 0 Å². The van der Waals surface area contributed by atoms with E-state index in [1.165, 1.54) is 0 Å². The maximum Gasteiger partial charge on any atom is 0.0669 e. The van der Waals surface area contributed by atoms with Crippen LogP contribution in [0, 0.1) is 30.1 Å². The zero-order chi connectivity index (χ0) is 7.82. The Morgan fingerprint density at radius 1 is 1.50 bits per heavy atom. The van der Waals surface area contributed by atoms with Crippen molar-refractivity contribution in [3.05, 3.63) is 0 Å². The summed E-state index contributed by atoms with van der Waals surface area (Å²) >= 11 is 0. The van der Waals surface area contributed by atoms with E-state index in [1.807, 2.05) is 0 Å². The van der Waals surface area contributed by atoms with E-state index in [2.05, 4.69) is 24.2 Å². The van der Waals surface area contributed by atoms with Gasteiger partial charge in [0, 0.05) is 6.54 Å². The minimum absolute atomic E-state index is 0.281. The van der Waals surface area contributed by atoms with Crippen molar-refractivity contribution in [2.75, 3.05) is 13.1 Å². The molecule has 0 saturated carbocycles. The van der Waals surface area contributed by atoms with Crippen molar-refractivity contribution in [2.45, 2.75) is 12.8 Å². The number of nitrogens with zero attached hydrogens (tertiary/aromatic N) is 1. The Kier molecular flexibility index (Phi) is 5.53.